The Morgan fingerprint density at radius 2 is 0.697 bits per heavy atom. The van der Waals surface area contributed by atoms with E-state index in [1.165, 1.54) is 65.2 Å². The van der Waals surface area contributed by atoms with Gasteiger partial charge < -0.3 is 18.3 Å². The van der Waals surface area contributed by atoms with Crippen molar-refractivity contribution in [1.29, 1.82) is 0 Å². The van der Waals surface area contributed by atoms with Gasteiger partial charge in [-0.1, -0.05) is 133 Å². The van der Waals surface area contributed by atoms with Gasteiger partial charge in [0.15, 0.2) is 0 Å². The summed E-state index contributed by atoms with van der Waals surface area (Å²) >= 11 is 0. The zero-order chi connectivity index (χ0) is 43.3. The third-order valence-corrected chi connectivity index (χ3v) is 13.7. The van der Waals surface area contributed by atoms with E-state index in [0.29, 0.717) is 0 Å². The van der Waals surface area contributed by atoms with Gasteiger partial charge in [0.1, 0.15) is 0 Å². The first-order valence-corrected chi connectivity index (χ1v) is 22.7. The van der Waals surface area contributed by atoms with E-state index in [9.17, 15) is 0 Å². The highest BCUT2D eigenvalue weighted by Crippen LogP contribution is 2.39. The van der Waals surface area contributed by atoms with Crippen LogP contribution in [0.15, 0.2) is 243 Å². The van der Waals surface area contributed by atoms with Crippen molar-refractivity contribution in [3.8, 4) is 22.7 Å². The summed E-state index contributed by atoms with van der Waals surface area (Å²) in [6.45, 7) is 0. The molecule has 4 heteroatoms. The molecule has 0 atom stereocenters. The van der Waals surface area contributed by atoms with Crippen molar-refractivity contribution < 1.29 is 0 Å². The first-order chi connectivity index (χ1) is 32.7. The summed E-state index contributed by atoms with van der Waals surface area (Å²) in [5.74, 6) is 0. The molecule has 0 aliphatic heterocycles. The summed E-state index contributed by atoms with van der Waals surface area (Å²) in [5.41, 5.74) is 13.6. The number of benzene rings is 11. The molecular formula is C62H40N4. The number of nitrogens with zero attached hydrogens (tertiary/aromatic N) is 4. The molecule has 0 spiro atoms. The van der Waals surface area contributed by atoms with Gasteiger partial charge in [0.05, 0.1) is 27.8 Å². The van der Waals surface area contributed by atoms with E-state index in [4.69, 9.17) is 0 Å². The lowest BCUT2D eigenvalue weighted by Gasteiger charge is -2.16. The highest BCUT2D eigenvalue weighted by atomic mass is 15.0. The molecule has 66 heavy (non-hydrogen) atoms. The average Bonchev–Trinajstić information content (AvgIpc) is 3.90. The quantitative estimate of drug-likeness (QED) is 0.157. The van der Waals surface area contributed by atoms with Crippen molar-refractivity contribution >= 4 is 98.0 Å². The van der Waals surface area contributed by atoms with Crippen molar-refractivity contribution in [3.63, 3.8) is 0 Å². The van der Waals surface area contributed by atoms with E-state index in [2.05, 4.69) is 261 Å². The van der Waals surface area contributed by atoms with Gasteiger partial charge in [-0.2, -0.15) is 0 Å². The van der Waals surface area contributed by atoms with Crippen LogP contribution in [-0.2, 0) is 0 Å². The third kappa shape index (κ3) is 5.52. The maximum atomic E-state index is 2.47. The van der Waals surface area contributed by atoms with Crippen LogP contribution < -0.4 is 0 Å². The minimum atomic E-state index is 1.09. The monoisotopic (exact) mass is 840 g/mol. The van der Waals surface area contributed by atoms with Gasteiger partial charge in [-0.05, 0) is 142 Å². The van der Waals surface area contributed by atoms with E-state index in [-0.39, 0.29) is 0 Å². The topological polar surface area (TPSA) is 19.7 Å². The molecule has 0 aliphatic rings. The fourth-order valence-corrected chi connectivity index (χ4v) is 10.8. The number of fused-ring (bicyclic) bond motifs is 13. The van der Waals surface area contributed by atoms with Gasteiger partial charge >= 0.3 is 0 Å². The highest BCUT2D eigenvalue weighted by molar-refractivity contribution is 6.15. The van der Waals surface area contributed by atoms with Crippen LogP contribution in [0.5, 0.6) is 0 Å². The minimum absolute atomic E-state index is 1.09. The molecule has 11 aromatic carbocycles. The highest BCUT2D eigenvalue weighted by Gasteiger charge is 2.18. The number of para-hydroxylation sites is 4. The maximum absolute atomic E-state index is 2.47. The van der Waals surface area contributed by atoms with Crippen molar-refractivity contribution in [2.75, 3.05) is 0 Å². The molecule has 0 saturated carbocycles. The van der Waals surface area contributed by atoms with E-state index in [0.717, 1.165) is 55.6 Å². The van der Waals surface area contributed by atoms with Gasteiger partial charge in [-0.15, -0.1) is 0 Å². The fourth-order valence-electron chi connectivity index (χ4n) is 10.8. The van der Waals surface area contributed by atoms with Crippen molar-refractivity contribution in [1.82, 2.24) is 18.3 Å². The van der Waals surface area contributed by atoms with Gasteiger partial charge in [-0.25, -0.2) is 0 Å². The van der Waals surface area contributed by atoms with Crippen LogP contribution in [-0.4, -0.2) is 18.3 Å². The van der Waals surface area contributed by atoms with E-state index in [1.54, 1.807) is 0 Å². The molecule has 0 N–H and O–H groups in total. The summed E-state index contributed by atoms with van der Waals surface area (Å²) in [5, 5.41) is 12.0. The Hall–Kier alpha value is -8.86. The molecule has 4 nitrogen and oxygen atoms in total. The molecule has 0 radical (unpaired) electrons. The summed E-state index contributed by atoms with van der Waals surface area (Å²) in [6.07, 6.45) is 0. The SMILES string of the molecule is c1ccc(-n2c3ccccc3c3ccc(-n4c5cccc(c5)c5cccc(c5)n(-c5cccc6c5c5ccccc5n6-c5ccccc5)c5ccc6ccc7ccc4cc7c6c5)cc32)cc1. The molecule has 308 valence electrons. The second kappa shape index (κ2) is 14.3. The van der Waals surface area contributed by atoms with Gasteiger partial charge in [0.25, 0.3) is 0 Å². The second-order valence-corrected chi connectivity index (χ2v) is 17.4. The molecule has 14 aromatic rings. The summed E-state index contributed by atoms with van der Waals surface area (Å²) in [7, 11) is 0. The van der Waals surface area contributed by atoms with E-state index >= 15 is 0 Å². The molecule has 0 saturated heterocycles. The predicted octanol–water partition coefficient (Wildman–Crippen LogP) is 16.4. The van der Waals surface area contributed by atoms with Crippen LogP contribution in [0.2, 0.25) is 0 Å². The van der Waals surface area contributed by atoms with Crippen molar-refractivity contribution in [3.05, 3.63) is 243 Å². The lowest BCUT2D eigenvalue weighted by Crippen LogP contribution is -2.00. The fraction of sp³-hybridized carbons (Fsp3) is 0. The van der Waals surface area contributed by atoms with Gasteiger partial charge in [0, 0.05) is 60.7 Å². The Bertz CT molecular complexity index is 4330. The lowest BCUT2D eigenvalue weighted by molar-refractivity contribution is 1.14. The summed E-state index contributed by atoms with van der Waals surface area (Å²) < 4.78 is 9.71. The zero-order valence-corrected chi connectivity index (χ0v) is 35.9. The minimum Gasteiger partial charge on any atom is -0.310 e. The van der Waals surface area contributed by atoms with Crippen LogP contribution in [0, 0.1) is 0 Å². The number of rotatable bonds is 4. The Morgan fingerprint density at radius 1 is 0.212 bits per heavy atom. The molecule has 3 heterocycles. The van der Waals surface area contributed by atoms with Crippen LogP contribution in [0.1, 0.15) is 0 Å². The normalized spacial score (nSPS) is 11.9. The Labute approximate surface area is 380 Å². The first-order valence-electron chi connectivity index (χ1n) is 22.7. The standard InChI is InChI=1S/C62H40N4/c1-3-16-45(17-4-1)65-58-25-10-8-23-54(58)62-59(26-13-27-60(62)65)64-48-21-12-15-44(37-48)43-14-11-20-47(36-43)63(49-32-30-41-28-29-42-31-33-50(64)39-56(42)55(41)38-49)51-34-35-53-52-22-7-9-24-57(52)66(61(53)40-51)46-18-5-2-6-19-46/h1-40H. The zero-order valence-electron chi connectivity index (χ0n) is 35.9. The molecular weight excluding hydrogens is 801 g/mol. The summed E-state index contributed by atoms with van der Waals surface area (Å²) in [6, 6.07) is 89.4. The predicted molar refractivity (Wildman–Crippen MR) is 279 cm³/mol. The van der Waals surface area contributed by atoms with Crippen LogP contribution in [0.3, 0.4) is 0 Å². The van der Waals surface area contributed by atoms with E-state index < -0.39 is 0 Å². The largest absolute Gasteiger partial charge is 0.310 e. The maximum Gasteiger partial charge on any atom is 0.0562 e. The average molecular weight is 841 g/mol. The van der Waals surface area contributed by atoms with Crippen LogP contribution in [0.4, 0.5) is 0 Å². The van der Waals surface area contributed by atoms with Crippen molar-refractivity contribution in [2.24, 2.45) is 0 Å². The number of aromatic nitrogens is 4. The molecule has 3 aromatic heterocycles. The number of hydrogen-bond donors (Lipinski definition) is 0. The van der Waals surface area contributed by atoms with Crippen molar-refractivity contribution in [2.45, 2.75) is 0 Å². The Morgan fingerprint density at radius 3 is 1.36 bits per heavy atom. The molecule has 0 fully saturated rings. The van der Waals surface area contributed by atoms with Crippen LogP contribution in [0.25, 0.3) is 121 Å². The molecule has 8 bridgehead atoms. The van der Waals surface area contributed by atoms with Crippen LogP contribution >= 0.6 is 0 Å². The second-order valence-electron chi connectivity index (χ2n) is 17.4. The molecule has 14 rings (SSSR count). The third-order valence-electron chi connectivity index (χ3n) is 13.7. The number of hydrogen-bond acceptors (Lipinski definition) is 0. The van der Waals surface area contributed by atoms with Gasteiger partial charge in [-0.3, -0.25) is 0 Å². The van der Waals surface area contributed by atoms with E-state index in [1.807, 2.05) is 0 Å². The first kappa shape index (κ1) is 36.6. The lowest BCUT2D eigenvalue weighted by atomic mass is 10.0. The molecule has 0 aliphatic carbocycles. The molecule has 0 amide bonds. The van der Waals surface area contributed by atoms with Gasteiger partial charge in [0.2, 0.25) is 0 Å². The summed E-state index contributed by atoms with van der Waals surface area (Å²) in [4.78, 5) is 0. The Kier molecular flexibility index (Phi) is 7.95. The smallest absolute Gasteiger partial charge is 0.0562 e. The Balaban J connectivity index is 1.11. The molecule has 0 unspecified atom stereocenters.